The molecule has 0 unspecified atom stereocenters. The van der Waals surface area contributed by atoms with Crippen molar-refractivity contribution in [3.8, 4) is 0 Å². The molecule has 3 rings (SSSR count). The van der Waals surface area contributed by atoms with Crippen molar-refractivity contribution >= 4 is 11.6 Å². The highest BCUT2D eigenvalue weighted by Gasteiger charge is 2.25. The van der Waals surface area contributed by atoms with E-state index in [-0.39, 0.29) is 17.6 Å². The van der Waals surface area contributed by atoms with E-state index < -0.39 is 0 Å². The topological polar surface area (TPSA) is 41.6 Å². The Labute approximate surface area is 156 Å². The summed E-state index contributed by atoms with van der Waals surface area (Å²) in [5.74, 6) is -0.201. The number of ether oxygens (including phenoxy) is 1. The highest BCUT2D eigenvalue weighted by molar-refractivity contribution is 5.92. The van der Waals surface area contributed by atoms with Crippen LogP contribution >= 0.6 is 0 Å². The number of carbonyl (C=O) groups excluding carboxylic acids is 1. The predicted octanol–water partition coefficient (Wildman–Crippen LogP) is 4.22. The molecule has 1 N–H and O–H groups in total. The Hall–Kier alpha value is -1.46. The van der Waals surface area contributed by atoms with Crippen LogP contribution < -0.4 is 5.32 Å². The van der Waals surface area contributed by atoms with Gasteiger partial charge in [-0.3, -0.25) is 4.79 Å². The Balaban J connectivity index is 1.33. The molecule has 1 saturated heterocycles. The van der Waals surface area contributed by atoms with Crippen LogP contribution in [0.25, 0.3) is 0 Å². The number of benzene rings is 1. The van der Waals surface area contributed by atoms with Gasteiger partial charge in [0, 0.05) is 18.2 Å². The van der Waals surface area contributed by atoms with Gasteiger partial charge >= 0.3 is 0 Å². The summed E-state index contributed by atoms with van der Waals surface area (Å²) in [4.78, 5) is 14.8. The van der Waals surface area contributed by atoms with E-state index in [0.29, 0.717) is 11.8 Å². The van der Waals surface area contributed by atoms with E-state index in [9.17, 15) is 9.18 Å². The van der Waals surface area contributed by atoms with Gasteiger partial charge in [0.1, 0.15) is 5.82 Å². The van der Waals surface area contributed by atoms with Crippen molar-refractivity contribution in [3.05, 3.63) is 30.1 Å². The van der Waals surface area contributed by atoms with Crippen LogP contribution in [-0.2, 0) is 9.53 Å². The summed E-state index contributed by atoms with van der Waals surface area (Å²) in [6, 6.07) is 5.94. The molecule has 144 valence electrons. The van der Waals surface area contributed by atoms with Crippen molar-refractivity contribution in [1.82, 2.24) is 4.90 Å². The van der Waals surface area contributed by atoms with E-state index in [2.05, 4.69) is 10.2 Å². The molecule has 1 amide bonds. The summed E-state index contributed by atoms with van der Waals surface area (Å²) in [6.45, 7) is 3.64. The van der Waals surface area contributed by atoms with Crippen LogP contribution in [0, 0.1) is 11.7 Å². The Kier molecular flexibility index (Phi) is 7.44. The molecule has 0 spiro atoms. The van der Waals surface area contributed by atoms with Gasteiger partial charge < -0.3 is 15.0 Å². The Morgan fingerprint density at radius 2 is 1.69 bits per heavy atom. The monoisotopic (exact) mass is 362 g/mol. The minimum absolute atomic E-state index is 0.0408. The van der Waals surface area contributed by atoms with Gasteiger partial charge in [0.2, 0.25) is 5.91 Å². The molecule has 2 fully saturated rings. The summed E-state index contributed by atoms with van der Waals surface area (Å²) >= 11 is 0. The lowest BCUT2D eigenvalue weighted by Gasteiger charge is -2.31. The van der Waals surface area contributed by atoms with E-state index in [1.807, 2.05) is 0 Å². The second-order valence-corrected chi connectivity index (χ2v) is 7.60. The number of hydrogen-bond donors (Lipinski definition) is 1. The molecule has 4 nitrogen and oxygen atoms in total. The third kappa shape index (κ3) is 6.06. The molecule has 0 aromatic heterocycles. The summed E-state index contributed by atoms with van der Waals surface area (Å²) in [5.41, 5.74) is 0.663. The molecule has 0 radical (unpaired) electrons. The molecule has 1 saturated carbocycles. The maximum absolute atomic E-state index is 12.9. The van der Waals surface area contributed by atoms with Gasteiger partial charge in [-0.1, -0.05) is 25.7 Å². The third-order valence-corrected chi connectivity index (χ3v) is 5.63. The van der Waals surface area contributed by atoms with Gasteiger partial charge in [0.05, 0.1) is 12.7 Å². The highest BCUT2D eigenvalue weighted by Crippen LogP contribution is 2.21. The zero-order valence-electron chi connectivity index (χ0n) is 15.6. The standard InChI is InChI=1S/C21H31FN2O2/c22-18-7-9-19(10-8-18)23-21(25)17-11-13-24(14-12-17)15-16-26-20-5-3-1-2-4-6-20/h7-10,17,20H,1-6,11-16H2,(H,23,25). The van der Waals surface area contributed by atoms with Crippen molar-refractivity contribution in [3.63, 3.8) is 0 Å². The second-order valence-electron chi connectivity index (χ2n) is 7.60. The van der Waals surface area contributed by atoms with Crippen molar-refractivity contribution < 1.29 is 13.9 Å². The zero-order chi connectivity index (χ0) is 18.2. The fourth-order valence-corrected chi connectivity index (χ4v) is 3.95. The van der Waals surface area contributed by atoms with Crippen LogP contribution in [0.15, 0.2) is 24.3 Å². The van der Waals surface area contributed by atoms with Crippen LogP contribution in [0.4, 0.5) is 10.1 Å². The van der Waals surface area contributed by atoms with Gasteiger partial charge in [-0.15, -0.1) is 0 Å². The first-order valence-electron chi connectivity index (χ1n) is 10.1. The maximum Gasteiger partial charge on any atom is 0.227 e. The maximum atomic E-state index is 12.9. The first kappa shape index (κ1) is 19.3. The number of piperidine rings is 1. The molecule has 2 aliphatic rings. The SMILES string of the molecule is O=C(Nc1ccc(F)cc1)C1CCN(CCOC2CCCCCC2)CC1. The van der Waals surface area contributed by atoms with Gasteiger partial charge in [-0.05, 0) is 63.0 Å². The van der Waals surface area contributed by atoms with Gasteiger partial charge in [0.15, 0.2) is 0 Å². The Morgan fingerprint density at radius 1 is 1.04 bits per heavy atom. The fourth-order valence-electron chi connectivity index (χ4n) is 3.95. The number of nitrogens with zero attached hydrogens (tertiary/aromatic N) is 1. The molecule has 1 aromatic carbocycles. The van der Waals surface area contributed by atoms with Crippen molar-refractivity contribution in [2.45, 2.75) is 57.5 Å². The molecule has 1 aromatic rings. The lowest BCUT2D eigenvalue weighted by Crippen LogP contribution is -2.40. The minimum atomic E-state index is -0.289. The van der Waals surface area contributed by atoms with E-state index >= 15 is 0 Å². The van der Waals surface area contributed by atoms with Crippen molar-refractivity contribution in [1.29, 1.82) is 0 Å². The molecule has 26 heavy (non-hydrogen) atoms. The first-order chi connectivity index (χ1) is 12.7. The van der Waals surface area contributed by atoms with E-state index in [1.54, 1.807) is 12.1 Å². The summed E-state index contributed by atoms with van der Waals surface area (Å²) in [5, 5.41) is 2.90. The molecule has 0 bridgehead atoms. The van der Waals surface area contributed by atoms with Crippen molar-refractivity contribution in [2.75, 3.05) is 31.6 Å². The van der Waals surface area contributed by atoms with Crippen LogP contribution in [-0.4, -0.2) is 43.2 Å². The largest absolute Gasteiger partial charge is 0.377 e. The molecule has 1 heterocycles. The summed E-state index contributed by atoms with van der Waals surface area (Å²) < 4.78 is 19.0. The molecule has 1 aliphatic heterocycles. The average Bonchev–Trinajstić information content (AvgIpc) is 2.93. The van der Waals surface area contributed by atoms with Crippen LogP contribution in [0.3, 0.4) is 0 Å². The first-order valence-corrected chi connectivity index (χ1v) is 10.1. The molecule has 5 heteroatoms. The number of amides is 1. The van der Waals surface area contributed by atoms with Gasteiger partial charge in [-0.25, -0.2) is 4.39 Å². The molecule has 0 atom stereocenters. The van der Waals surface area contributed by atoms with Gasteiger partial charge in [0.25, 0.3) is 0 Å². The normalized spacial score (nSPS) is 20.7. The van der Waals surface area contributed by atoms with E-state index in [4.69, 9.17) is 4.74 Å². The molecule has 1 aliphatic carbocycles. The van der Waals surface area contributed by atoms with Crippen LogP contribution in [0.1, 0.15) is 51.4 Å². The minimum Gasteiger partial charge on any atom is -0.377 e. The fraction of sp³-hybridized carbons (Fsp3) is 0.667. The highest BCUT2D eigenvalue weighted by atomic mass is 19.1. The van der Waals surface area contributed by atoms with Crippen LogP contribution in [0.2, 0.25) is 0 Å². The van der Waals surface area contributed by atoms with Crippen molar-refractivity contribution in [2.24, 2.45) is 5.92 Å². The molecular formula is C21H31FN2O2. The zero-order valence-corrected chi connectivity index (χ0v) is 15.6. The number of hydrogen-bond acceptors (Lipinski definition) is 3. The number of anilines is 1. The number of rotatable bonds is 6. The Morgan fingerprint density at radius 3 is 2.35 bits per heavy atom. The molecular weight excluding hydrogens is 331 g/mol. The van der Waals surface area contributed by atoms with Crippen LogP contribution in [0.5, 0.6) is 0 Å². The Bertz CT molecular complexity index is 548. The number of carbonyl (C=O) groups is 1. The van der Waals surface area contributed by atoms with E-state index in [1.165, 1.54) is 50.7 Å². The second kappa shape index (κ2) is 10.0. The number of likely N-dealkylation sites (tertiary alicyclic amines) is 1. The quantitative estimate of drug-likeness (QED) is 0.771. The smallest absolute Gasteiger partial charge is 0.227 e. The lowest BCUT2D eigenvalue weighted by atomic mass is 9.96. The van der Waals surface area contributed by atoms with E-state index in [0.717, 1.165) is 39.1 Å². The lowest BCUT2D eigenvalue weighted by molar-refractivity contribution is -0.121. The third-order valence-electron chi connectivity index (χ3n) is 5.63. The average molecular weight is 362 g/mol. The van der Waals surface area contributed by atoms with Gasteiger partial charge in [-0.2, -0.15) is 0 Å². The number of halogens is 1. The summed E-state index contributed by atoms with van der Waals surface area (Å²) in [6.07, 6.45) is 9.94. The number of nitrogens with one attached hydrogen (secondary N) is 1. The summed E-state index contributed by atoms with van der Waals surface area (Å²) in [7, 11) is 0. The predicted molar refractivity (Wildman–Crippen MR) is 102 cm³/mol.